The first-order chi connectivity index (χ1) is 16.1. The maximum Gasteiger partial charge on any atom is 0.251 e. The number of aliphatic hydroxyl groups is 1. The lowest BCUT2D eigenvalue weighted by Crippen LogP contribution is -2.42. The minimum absolute atomic E-state index is 0.0566. The molecular weight excluding hydrogens is 434 g/mol. The number of rotatable bonds is 7. The summed E-state index contributed by atoms with van der Waals surface area (Å²) in [5.74, 6) is -0.0566. The van der Waals surface area contributed by atoms with E-state index in [-0.39, 0.29) is 5.91 Å². The number of halogens is 1. The van der Waals surface area contributed by atoms with Gasteiger partial charge in [-0.15, -0.1) is 0 Å². The summed E-state index contributed by atoms with van der Waals surface area (Å²) in [5, 5.41) is 10.7. The highest BCUT2D eigenvalue weighted by atomic mass is 35.5. The summed E-state index contributed by atoms with van der Waals surface area (Å²) < 4.78 is 0. The molecule has 5 N–H and O–H groups in total. The zero-order valence-electron chi connectivity index (χ0n) is 19.2. The number of nitrogens with one attached hydrogen (secondary N) is 1. The molecule has 3 aromatic rings. The highest BCUT2D eigenvalue weighted by molar-refractivity contribution is 6.30. The molecule has 1 saturated heterocycles. The van der Waals surface area contributed by atoms with Gasteiger partial charge in [-0.25, -0.2) is 0 Å². The molecule has 4 rings (SSSR count). The van der Waals surface area contributed by atoms with E-state index in [2.05, 4.69) is 34.1 Å². The number of likely N-dealkylation sites (tertiary alicyclic amines) is 1. The van der Waals surface area contributed by atoms with Gasteiger partial charge in [0.1, 0.15) is 5.69 Å². The Bertz CT molecular complexity index is 1030. The van der Waals surface area contributed by atoms with Crippen LogP contribution in [-0.4, -0.2) is 42.7 Å². The van der Waals surface area contributed by atoms with Crippen molar-refractivity contribution in [3.63, 3.8) is 0 Å². The quantitative estimate of drug-likeness (QED) is 0.491. The van der Waals surface area contributed by atoms with Gasteiger partial charge in [-0.1, -0.05) is 48.0 Å². The Labute approximate surface area is 201 Å². The molecule has 0 aromatic heterocycles. The largest absolute Gasteiger partial charge is 0.400 e. The molecule has 0 aliphatic carbocycles. The van der Waals surface area contributed by atoms with Crippen molar-refractivity contribution in [2.24, 2.45) is 0 Å². The van der Waals surface area contributed by atoms with Crippen LogP contribution in [0.2, 0.25) is 5.02 Å². The van der Waals surface area contributed by atoms with Crippen LogP contribution in [0.25, 0.3) is 11.1 Å². The minimum atomic E-state index is -0.0566. The first-order valence-corrected chi connectivity index (χ1v) is 11.7. The normalized spacial score (nSPS) is 13.3. The third-order valence-corrected chi connectivity index (χ3v) is 6.13. The van der Waals surface area contributed by atoms with Crippen molar-refractivity contribution in [1.82, 2.24) is 10.2 Å². The third-order valence-electron chi connectivity index (χ3n) is 5.88. The lowest BCUT2D eigenvalue weighted by Gasteiger charge is -2.15. The standard InChI is InChI=1S/C26H28ClN3O.CH4O/c27-24-11-9-21(10-12-24)20-5-7-23(8-6-20)26(31)29-14-13-22-4-3-19(17-25(22)28)18-30-15-1-2-16-30;1-2/h3-12,17H,1-2,13-16,18,28H2,(H,29,31);2H,1H3/p+1. The fraction of sp³-hybridized carbons (Fsp3) is 0.296. The van der Waals surface area contributed by atoms with Crippen LogP contribution in [0.4, 0.5) is 5.69 Å². The molecule has 1 aliphatic rings. The highest BCUT2D eigenvalue weighted by Crippen LogP contribution is 2.22. The number of amides is 1. The third kappa shape index (κ3) is 7.14. The summed E-state index contributed by atoms with van der Waals surface area (Å²) in [6, 6.07) is 21.9. The molecule has 0 bridgehead atoms. The molecule has 1 amide bonds. The molecule has 1 fully saturated rings. The van der Waals surface area contributed by atoms with Gasteiger partial charge in [0.05, 0.1) is 0 Å². The summed E-state index contributed by atoms with van der Waals surface area (Å²) in [6.07, 6.45) is 3.38. The van der Waals surface area contributed by atoms with Gasteiger partial charge in [0.2, 0.25) is 0 Å². The van der Waals surface area contributed by atoms with Gasteiger partial charge in [0, 0.05) is 42.4 Å². The highest BCUT2D eigenvalue weighted by Gasteiger charge is 2.13. The number of hydrogen-bond acceptors (Lipinski definition) is 3. The van der Waals surface area contributed by atoms with E-state index in [1.54, 1.807) is 0 Å². The molecule has 33 heavy (non-hydrogen) atoms. The van der Waals surface area contributed by atoms with Crippen molar-refractivity contribution in [1.29, 1.82) is 0 Å². The van der Waals surface area contributed by atoms with Crippen molar-refractivity contribution < 1.29 is 15.6 Å². The van der Waals surface area contributed by atoms with Crippen LogP contribution in [0.5, 0.6) is 0 Å². The van der Waals surface area contributed by atoms with Gasteiger partial charge in [0.25, 0.3) is 5.91 Å². The van der Waals surface area contributed by atoms with Crippen LogP contribution >= 0.6 is 11.6 Å². The van der Waals surface area contributed by atoms with Crippen molar-refractivity contribution in [3.05, 3.63) is 88.4 Å². The fourth-order valence-corrected chi connectivity index (χ4v) is 4.22. The van der Waals surface area contributed by atoms with Gasteiger partial charge in [0.15, 0.2) is 0 Å². The summed E-state index contributed by atoms with van der Waals surface area (Å²) in [6.45, 7) is 3.99. The number of aliphatic hydroxyl groups excluding tert-OH is 1. The van der Waals surface area contributed by atoms with Crippen molar-refractivity contribution in [2.45, 2.75) is 25.8 Å². The van der Waals surface area contributed by atoms with Crippen molar-refractivity contribution in [2.75, 3.05) is 26.7 Å². The molecule has 1 aliphatic heterocycles. The molecule has 0 atom stereocenters. The van der Waals surface area contributed by atoms with Crippen LogP contribution in [0, 0.1) is 0 Å². The van der Waals surface area contributed by atoms with Crippen LogP contribution in [0.1, 0.15) is 34.3 Å². The SMILES string of the molecule is CO.[NH3+]c1cc(CN2CCCC2)ccc1CCNC(=O)c1ccc(-c2ccc(Cl)cc2)cc1. The number of carbonyl (C=O) groups excluding carboxylic acids is 1. The van der Waals surface area contributed by atoms with E-state index in [0.29, 0.717) is 17.1 Å². The Morgan fingerprint density at radius 1 is 0.970 bits per heavy atom. The van der Waals surface area contributed by atoms with Crippen molar-refractivity contribution in [3.8, 4) is 11.1 Å². The Balaban J connectivity index is 0.00000149. The summed E-state index contributed by atoms with van der Waals surface area (Å²) in [5.41, 5.74) is 10.6. The number of carbonyl (C=O) groups is 1. The Morgan fingerprint density at radius 3 is 2.18 bits per heavy atom. The van der Waals surface area contributed by atoms with E-state index in [4.69, 9.17) is 16.7 Å². The first kappa shape index (κ1) is 24.9. The summed E-state index contributed by atoms with van der Waals surface area (Å²) in [4.78, 5) is 15.0. The average Bonchev–Trinajstić information content (AvgIpc) is 3.35. The second-order valence-electron chi connectivity index (χ2n) is 8.18. The van der Waals surface area contributed by atoms with E-state index in [1.165, 1.54) is 37.1 Å². The van der Waals surface area contributed by atoms with Crippen LogP contribution < -0.4 is 11.1 Å². The Hall–Kier alpha value is -2.70. The topological polar surface area (TPSA) is 80.2 Å². The zero-order valence-corrected chi connectivity index (χ0v) is 19.9. The molecule has 1 heterocycles. The van der Waals surface area contributed by atoms with Gasteiger partial charge in [-0.2, -0.15) is 0 Å². The smallest absolute Gasteiger partial charge is 0.251 e. The molecule has 0 saturated carbocycles. The maximum absolute atomic E-state index is 12.5. The Kier molecular flexibility index (Phi) is 9.46. The molecule has 5 nitrogen and oxygen atoms in total. The predicted molar refractivity (Wildman–Crippen MR) is 135 cm³/mol. The van der Waals surface area contributed by atoms with Gasteiger partial charge in [-0.05, 0) is 73.3 Å². The summed E-state index contributed by atoms with van der Waals surface area (Å²) >= 11 is 5.95. The Morgan fingerprint density at radius 2 is 1.58 bits per heavy atom. The second kappa shape index (κ2) is 12.5. The van der Waals surface area contributed by atoms with Crippen molar-refractivity contribution >= 4 is 23.2 Å². The van der Waals surface area contributed by atoms with Crippen LogP contribution in [0.3, 0.4) is 0 Å². The summed E-state index contributed by atoms with van der Waals surface area (Å²) in [7, 11) is 1.00. The molecule has 0 spiro atoms. The van der Waals surface area contributed by atoms with Gasteiger partial charge in [-0.3, -0.25) is 9.69 Å². The van der Waals surface area contributed by atoms with E-state index in [1.807, 2.05) is 48.5 Å². The van der Waals surface area contributed by atoms with E-state index >= 15 is 0 Å². The molecule has 0 unspecified atom stereocenters. The monoisotopic (exact) mass is 466 g/mol. The van der Waals surface area contributed by atoms with Gasteiger partial charge < -0.3 is 16.2 Å². The lowest BCUT2D eigenvalue weighted by atomic mass is 10.0. The first-order valence-electron chi connectivity index (χ1n) is 11.3. The van der Waals surface area contributed by atoms with Gasteiger partial charge >= 0.3 is 0 Å². The number of hydrogen-bond donors (Lipinski definition) is 3. The second-order valence-corrected chi connectivity index (χ2v) is 8.61. The number of quaternary nitrogens is 1. The molecule has 6 heteroatoms. The van der Waals surface area contributed by atoms with E-state index in [9.17, 15) is 4.79 Å². The number of benzene rings is 3. The molecule has 174 valence electrons. The predicted octanol–water partition coefficient (Wildman–Crippen LogP) is 4.06. The minimum Gasteiger partial charge on any atom is -0.400 e. The maximum atomic E-state index is 12.5. The zero-order chi connectivity index (χ0) is 23.6. The fourth-order valence-electron chi connectivity index (χ4n) is 4.09. The van der Waals surface area contributed by atoms with Crippen LogP contribution in [0.15, 0.2) is 66.7 Å². The molecular formula is C27H33ClN3O2+. The lowest BCUT2D eigenvalue weighted by molar-refractivity contribution is -0.255. The molecule has 0 radical (unpaired) electrons. The van der Waals surface area contributed by atoms with Crippen LogP contribution in [-0.2, 0) is 13.0 Å². The van der Waals surface area contributed by atoms with E-state index < -0.39 is 0 Å². The average molecular weight is 467 g/mol. The van der Waals surface area contributed by atoms with E-state index in [0.717, 1.165) is 36.9 Å². The molecule has 3 aromatic carbocycles. The number of nitrogens with zero attached hydrogens (tertiary/aromatic N) is 1.